The lowest BCUT2D eigenvalue weighted by Gasteiger charge is -2.48. The second-order valence-electron chi connectivity index (χ2n) is 7.50. The van der Waals surface area contributed by atoms with Crippen molar-refractivity contribution in [3.05, 3.63) is 59.4 Å². The Balaban J connectivity index is 1.54. The predicted octanol–water partition coefficient (Wildman–Crippen LogP) is 4.42. The number of benzene rings is 2. The summed E-state index contributed by atoms with van der Waals surface area (Å²) in [4.78, 5) is 12.6. The minimum absolute atomic E-state index is 0.248. The molecule has 0 saturated heterocycles. The summed E-state index contributed by atoms with van der Waals surface area (Å²) < 4.78 is 30.6. The van der Waals surface area contributed by atoms with Crippen LogP contribution >= 0.6 is 0 Å². The van der Waals surface area contributed by atoms with E-state index in [0.29, 0.717) is 29.2 Å². The zero-order valence-electron chi connectivity index (χ0n) is 16.5. The number of carbonyl (C=O) groups is 1. The number of para-hydroxylation sites is 1. The van der Waals surface area contributed by atoms with Crippen molar-refractivity contribution in [1.82, 2.24) is 5.32 Å². The van der Waals surface area contributed by atoms with E-state index in [2.05, 4.69) is 5.32 Å². The van der Waals surface area contributed by atoms with E-state index in [1.54, 1.807) is 32.4 Å². The first-order valence-corrected chi connectivity index (χ1v) is 9.72. The number of methoxy groups -OCH3 is 2. The third-order valence-corrected chi connectivity index (χ3v) is 5.68. The quantitative estimate of drug-likeness (QED) is 0.759. The summed E-state index contributed by atoms with van der Waals surface area (Å²) in [6.45, 7) is 0. The van der Waals surface area contributed by atoms with E-state index in [1.165, 1.54) is 18.2 Å². The van der Waals surface area contributed by atoms with E-state index < -0.39 is 0 Å². The molecule has 0 bridgehead atoms. The first kappa shape index (κ1) is 19.3. The Morgan fingerprint density at radius 3 is 2.76 bits per heavy atom. The monoisotopic (exact) mass is 397 g/mol. The summed E-state index contributed by atoms with van der Waals surface area (Å²) in [5, 5.41) is 3.02. The lowest BCUT2D eigenvalue weighted by molar-refractivity contribution is -0.118. The molecule has 152 valence electrons. The molecule has 5 nitrogen and oxygen atoms in total. The molecule has 2 aromatic rings. The Labute approximate surface area is 169 Å². The van der Waals surface area contributed by atoms with Crippen LogP contribution < -0.4 is 19.5 Å². The van der Waals surface area contributed by atoms with Gasteiger partial charge in [0.2, 0.25) is 5.91 Å². The molecule has 29 heavy (non-hydrogen) atoms. The van der Waals surface area contributed by atoms with Crippen LogP contribution in [0.2, 0.25) is 0 Å². The maximum Gasteiger partial charge on any atom is 0.244 e. The summed E-state index contributed by atoms with van der Waals surface area (Å²) in [7, 11) is 3.12. The van der Waals surface area contributed by atoms with Crippen LogP contribution in [0.25, 0.3) is 6.08 Å². The highest BCUT2D eigenvalue weighted by Crippen LogP contribution is 2.48. The Morgan fingerprint density at radius 1 is 1.24 bits per heavy atom. The smallest absolute Gasteiger partial charge is 0.244 e. The van der Waals surface area contributed by atoms with E-state index in [-0.39, 0.29) is 23.4 Å². The lowest BCUT2D eigenvalue weighted by atomic mass is 9.73. The van der Waals surface area contributed by atoms with Crippen LogP contribution in [0.15, 0.2) is 42.5 Å². The first-order valence-electron chi connectivity index (χ1n) is 9.72. The highest BCUT2D eigenvalue weighted by molar-refractivity contribution is 5.92. The van der Waals surface area contributed by atoms with Gasteiger partial charge in [-0.3, -0.25) is 4.79 Å². The van der Waals surface area contributed by atoms with Gasteiger partial charge in [0.15, 0.2) is 11.5 Å². The van der Waals surface area contributed by atoms with Gasteiger partial charge in [-0.25, -0.2) is 4.39 Å². The molecular weight excluding hydrogens is 373 g/mol. The number of carbonyl (C=O) groups excluding carboxylic acids is 1. The third kappa shape index (κ3) is 3.79. The Kier molecular flexibility index (Phi) is 5.18. The van der Waals surface area contributed by atoms with Crippen LogP contribution in [0.4, 0.5) is 4.39 Å². The zero-order valence-corrected chi connectivity index (χ0v) is 16.5. The van der Waals surface area contributed by atoms with Crippen molar-refractivity contribution in [2.24, 2.45) is 0 Å². The van der Waals surface area contributed by atoms with E-state index in [1.807, 2.05) is 12.1 Å². The molecule has 1 unspecified atom stereocenters. The molecule has 2 aromatic carbocycles. The maximum atomic E-state index is 13.8. The summed E-state index contributed by atoms with van der Waals surface area (Å²) in [6, 6.07) is 9.66. The molecule has 6 heteroatoms. The topological polar surface area (TPSA) is 56.8 Å². The molecule has 1 spiro atoms. The van der Waals surface area contributed by atoms with Gasteiger partial charge in [-0.2, -0.15) is 0 Å². The van der Waals surface area contributed by atoms with Gasteiger partial charge in [-0.15, -0.1) is 0 Å². The number of fused-ring (bicyclic) bond motifs is 1. The molecule has 1 N–H and O–H groups in total. The van der Waals surface area contributed by atoms with E-state index >= 15 is 0 Å². The van der Waals surface area contributed by atoms with Crippen molar-refractivity contribution in [2.45, 2.75) is 37.3 Å². The van der Waals surface area contributed by atoms with Crippen LogP contribution in [0.5, 0.6) is 17.2 Å². The number of hydrogen-bond acceptors (Lipinski definition) is 4. The molecular formula is C23H24FNO4. The number of nitrogens with one attached hydrogen (secondary N) is 1. The summed E-state index contributed by atoms with van der Waals surface area (Å²) in [6.07, 6.45) is 6.79. The van der Waals surface area contributed by atoms with Crippen LogP contribution in [-0.4, -0.2) is 25.7 Å². The van der Waals surface area contributed by atoms with Crippen molar-refractivity contribution < 1.29 is 23.4 Å². The highest BCUT2D eigenvalue weighted by Gasteiger charge is 2.45. The van der Waals surface area contributed by atoms with Gasteiger partial charge in [0, 0.05) is 23.6 Å². The standard InChI is InChI=1S/C23H24FNO4/c1-27-20-6-3-5-15(22(20)28-2)7-10-21(26)25-18-14-23(11-4-12-23)29-19-9-8-16(24)13-17(18)19/h3,5-10,13,18H,4,11-12,14H2,1-2H3,(H,25,26)/b10-7+. The van der Waals surface area contributed by atoms with Crippen LogP contribution in [0.1, 0.15) is 42.9 Å². The molecule has 2 aliphatic rings. The van der Waals surface area contributed by atoms with Crippen molar-refractivity contribution in [2.75, 3.05) is 14.2 Å². The average molecular weight is 397 g/mol. The Morgan fingerprint density at radius 2 is 2.07 bits per heavy atom. The average Bonchev–Trinajstić information content (AvgIpc) is 2.70. The third-order valence-electron chi connectivity index (χ3n) is 5.68. The molecule has 1 aliphatic carbocycles. The van der Waals surface area contributed by atoms with Crippen molar-refractivity contribution in [1.29, 1.82) is 0 Å². The minimum atomic E-state index is -0.340. The molecule has 1 amide bonds. The zero-order chi connectivity index (χ0) is 20.4. The van der Waals surface area contributed by atoms with Crippen molar-refractivity contribution in [3.8, 4) is 17.2 Å². The number of amides is 1. The van der Waals surface area contributed by atoms with Gasteiger partial charge in [-0.05, 0) is 49.6 Å². The number of ether oxygens (including phenoxy) is 3. The van der Waals surface area contributed by atoms with Gasteiger partial charge in [0.25, 0.3) is 0 Å². The fourth-order valence-corrected chi connectivity index (χ4v) is 4.08. The molecule has 1 saturated carbocycles. The fraction of sp³-hybridized carbons (Fsp3) is 0.348. The van der Waals surface area contributed by atoms with Crippen molar-refractivity contribution in [3.63, 3.8) is 0 Å². The number of rotatable bonds is 5. The summed E-state index contributed by atoms with van der Waals surface area (Å²) >= 11 is 0. The lowest BCUT2D eigenvalue weighted by Crippen LogP contribution is -2.49. The molecule has 1 heterocycles. The predicted molar refractivity (Wildman–Crippen MR) is 108 cm³/mol. The van der Waals surface area contributed by atoms with Gasteiger partial charge in [0.05, 0.1) is 20.3 Å². The second kappa shape index (κ2) is 7.78. The molecule has 1 aliphatic heterocycles. The molecule has 1 fully saturated rings. The van der Waals surface area contributed by atoms with Crippen LogP contribution in [0, 0.1) is 5.82 Å². The summed E-state index contributed by atoms with van der Waals surface area (Å²) in [5.74, 6) is 1.21. The fourth-order valence-electron chi connectivity index (χ4n) is 4.08. The van der Waals surface area contributed by atoms with E-state index in [0.717, 1.165) is 24.8 Å². The number of halogens is 1. The van der Waals surface area contributed by atoms with Crippen LogP contribution in [-0.2, 0) is 4.79 Å². The van der Waals surface area contributed by atoms with Gasteiger partial charge in [0.1, 0.15) is 17.2 Å². The minimum Gasteiger partial charge on any atom is -0.493 e. The maximum absolute atomic E-state index is 13.8. The van der Waals surface area contributed by atoms with E-state index in [4.69, 9.17) is 14.2 Å². The molecule has 0 aromatic heterocycles. The Bertz CT molecular complexity index is 952. The summed E-state index contributed by atoms with van der Waals surface area (Å²) in [5.41, 5.74) is 1.17. The highest BCUT2D eigenvalue weighted by atomic mass is 19.1. The van der Waals surface area contributed by atoms with Crippen molar-refractivity contribution >= 4 is 12.0 Å². The SMILES string of the molecule is COc1cccc(/C=C/C(=O)NC2CC3(CCC3)Oc3ccc(F)cc32)c1OC. The molecule has 4 rings (SSSR count). The van der Waals surface area contributed by atoms with Gasteiger partial charge < -0.3 is 19.5 Å². The van der Waals surface area contributed by atoms with Crippen LogP contribution in [0.3, 0.4) is 0 Å². The first-order chi connectivity index (χ1) is 14.0. The Hall–Kier alpha value is -3.02. The normalized spacial score (nSPS) is 19.2. The van der Waals surface area contributed by atoms with Gasteiger partial charge in [-0.1, -0.05) is 12.1 Å². The van der Waals surface area contributed by atoms with E-state index in [9.17, 15) is 9.18 Å². The number of hydrogen-bond donors (Lipinski definition) is 1. The molecule has 1 atom stereocenters. The second-order valence-corrected chi connectivity index (χ2v) is 7.50. The molecule has 0 radical (unpaired) electrons. The van der Waals surface area contributed by atoms with Gasteiger partial charge >= 0.3 is 0 Å². The largest absolute Gasteiger partial charge is 0.493 e.